The zero-order valence-corrected chi connectivity index (χ0v) is 16.0. The van der Waals surface area contributed by atoms with Crippen LogP contribution in [0.5, 0.6) is 5.75 Å². The summed E-state index contributed by atoms with van der Waals surface area (Å²) >= 11 is 0. The number of benzene rings is 2. The molecule has 0 aliphatic carbocycles. The highest BCUT2D eigenvalue weighted by molar-refractivity contribution is 5.40. The van der Waals surface area contributed by atoms with E-state index in [0.717, 1.165) is 11.1 Å². The molecule has 0 radical (unpaired) electrons. The molecule has 2 atom stereocenters. The molecule has 0 fully saturated rings. The van der Waals surface area contributed by atoms with E-state index < -0.39 is 5.63 Å². The molecule has 4 heteroatoms. The van der Waals surface area contributed by atoms with Crippen molar-refractivity contribution in [1.82, 2.24) is 0 Å². The molecule has 2 aromatic carbocycles. The zero-order valence-electron chi connectivity index (χ0n) is 16.0. The Balaban J connectivity index is 1.96. The van der Waals surface area contributed by atoms with Crippen molar-refractivity contribution in [1.29, 1.82) is 0 Å². The number of hydrogen-bond acceptors (Lipinski definition) is 4. The standard InChI is InChI=1S/C24H26O4/c1-2-20(18-11-7-4-8-12-18)23-21(26)16-22(28-24(23)27)19(13-14-25)15-17-9-5-3-6-10-17/h3-12,16,19-20,25-26H,2,13-15H2,1H3. The fourth-order valence-electron chi connectivity index (χ4n) is 3.72. The van der Waals surface area contributed by atoms with Crippen LogP contribution >= 0.6 is 0 Å². The van der Waals surface area contributed by atoms with Gasteiger partial charge in [-0.15, -0.1) is 0 Å². The van der Waals surface area contributed by atoms with Gasteiger partial charge in [-0.1, -0.05) is 67.6 Å². The van der Waals surface area contributed by atoms with Gasteiger partial charge in [-0.25, -0.2) is 4.79 Å². The Bertz CT molecular complexity index is 932. The Morgan fingerprint density at radius 3 is 2.21 bits per heavy atom. The Morgan fingerprint density at radius 1 is 1.00 bits per heavy atom. The maximum Gasteiger partial charge on any atom is 0.343 e. The van der Waals surface area contributed by atoms with E-state index in [-0.39, 0.29) is 24.2 Å². The van der Waals surface area contributed by atoms with Gasteiger partial charge in [0.05, 0.1) is 5.56 Å². The minimum absolute atomic E-state index is 0.0225. The van der Waals surface area contributed by atoms with Gasteiger partial charge < -0.3 is 14.6 Å². The summed E-state index contributed by atoms with van der Waals surface area (Å²) in [5, 5.41) is 20.2. The smallest absolute Gasteiger partial charge is 0.343 e. The van der Waals surface area contributed by atoms with Gasteiger partial charge >= 0.3 is 5.63 Å². The molecule has 0 saturated heterocycles. The summed E-state index contributed by atoms with van der Waals surface area (Å²) < 4.78 is 5.65. The van der Waals surface area contributed by atoms with Gasteiger partial charge in [0.1, 0.15) is 11.5 Å². The van der Waals surface area contributed by atoms with Crippen molar-refractivity contribution in [2.75, 3.05) is 6.61 Å². The summed E-state index contributed by atoms with van der Waals surface area (Å²) in [6.45, 7) is 1.96. The largest absolute Gasteiger partial charge is 0.507 e. The lowest BCUT2D eigenvalue weighted by atomic mass is 9.88. The highest BCUT2D eigenvalue weighted by Gasteiger charge is 2.24. The van der Waals surface area contributed by atoms with Crippen LogP contribution in [0, 0.1) is 0 Å². The molecule has 0 saturated carbocycles. The second-order valence-corrected chi connectivity index (χ2v) is 7.01. The number of aliphatic hydroxyl groups excluding tert-OH is 1. The second-order valence-electron chi connectivity index (χ2n) is 7.01. The topological polar surface area (TPSA) is 70.7 Å². The minimum Gasteiger partial charge on any atom is -0.507 e. The van der Waals surface area contributed by atoms with Crippen LogP contribution in [-0.4, -0.2) is 16.8 Å². The van der Waals surface area contributed by atoms with E-state index in [0.29, 0.717) is 30.6 Å². The third kappa shape index (κ3) is 4.52. The first-order valence-corrected chi connectivity index (χ1v) is 9.70. The average molecular weight is 378 g/mol. The van der Waals surface area contributed by atoms with Gasteiger partial charge in [0.25, 0.3) is 0 Å². The van der Waals surface area contributed by atoms with Gasteiger partial charge in [0.2, 0.25) is 0 Å². The van der Waals surface area contributed by atoms with Crippen molar-refractivity contribution in [2.24, 2.45) is 0 Å². The summed E-state index contributed by atoms with van der Waals surface area (Å²) in [4.78, 5) is 12.8. The highest BCUT2D eigenvalue weighted by Crippen LogP contribution is 2.34. The Hall–Kier alpha value is -2.85. The van der Waals surface area contributed by atoms with E-state index in [9.17, 15) is 15.0 Å². The molecule has 1 aromatic heterocycles. The number of hydrogen-bond donors (Lipinski definition) is 2. The molecular formula is C24H26O4. The third-order valence-corrected chi connectivity index (χ3v) is 5.15. The van der Waals surface area contributed by atoms with Crippen LogP contribution in [0.15, 0.2) is 75.9 Å². The summed E-state index contributed by atoms with van der Waals surface area (Å²) in [6.07, 6.45) is 1.75. The van der Waals surface area contributed by atoms with Crippen molar-refractivity contribution < 1.29 is 14.6 Å². The third-order valence-electron chi connectivity index (χ3n) is 5.15. The van der Waals surface area contributed by atoms with Gasteiger partial charge in [-0.05, 0) is 30.4 Å². The summed E-state index contributed by atoms with van der Waals surface area (Å²) in [5.41, 5.74) is 1.83. The Morgan fingerprint density at radius 2 is 1.64 bits per heavy atom. The van der Waals surface area contributed by atoms with Crippen molar-refractivity contribution in [3.8, 4) is 5.75 Å². The molecule has 0 amide bonds. The summed E-state index contributed by atoms with van der Waals surface area (Å²) in [7, 11) is 0. The number of aromatic hydroxyl groups is 1. The lowest BCUT2D eigenvalue weighted by Crippen LogP contribution is -2.16. The molecule has 0 aliphatic rings. The number of rotatable bonds is 8. The van der Waals surface area contributed by atoms with Gasteiger partial charge in [-0.2, -0.15) is 0 Å². The van der Waals surface area contributed by atoms with E-state index in [2.05, 4.69) is 0 Å². The number of aliphatic hydroxyl groups is 1. The van der Waals surface area contributed by atoms with Crippen LogP contribution in [0.4, 0.5) is 0 Å². The van der Waals surface area contributed by atoms with Crippen LogP contribution in [0.25, 0.3) is 0 Å². The monoisotopic (exact) mass is 378 g/mol. The lowest BCUT2D eigenvalue weighted by molar-refractivity contribution is 0.263. The molecule has 2 unspecified atom stereocenters. The quantitative estimate of drug-likeness (QED) is 0.601. The molecule has 0 bridgehead atoms. The van der Waals surface area contributed by atoms with E-state index in [1.54, 1.807) is 6.07 Å². The van der Waals surface area contributed by atoms with E-state index in [1.807, 2.05) is 67.6 Å². The average Bonchev–Trinajstić information content (AvgIpc) is 2.71. The van der Waals surface area contributed by atoms with Crippen LogP contribution < -0.4 is 5.63 Å². The SMILES string of the molecule is CCC(c1ccccc1)c1c(O)cc(C(CCO)Cc2ccccc2)oc1=O. The van der Waals surface area contributed by atoms with Crippen LogP contribution in [0.3, 0.4) is 0 Å². The van der Waals surface area contributed by atoms with Crippen LogP contribution in [-0.2, 0) is 6.42 Å². The van der Waals surface area contributed by atoms with Crippen LogP contribution in [0.2, 0.25) is 0 Å². The van der Waals surface area contributed by atoms with Crippen molar-refractivity contribution in [2.45, 2.75) is 38.0 Å². The molecule has 2 N–H and O–H groups in total. The predicted molar refractivity (Wildman–Crippen MR) is 110 cm³/mol. The molecule has 146 valence electrons. The first-order chi connectivity index (χ1) is 13.6. The van der Waals surface area contributed by atoms with Crippen molar-refractivity contribution >= 4 is 0 Å². The lowest BCUT2D eigenvalue weighted by Gasteiger charge is -2.19. The first kappa shape index (κ1) is 19.9. The molecule has 4 nitrogen and oxygen atoms in total. The highest BCUT2D eigenvalue weighted by atomic mass is 16.4. The van der Waals surface area contributed by atoms with Gasteiger partial charge in [0.15, 0.2) is 0 Å². The molecular weight excluding hydrogens is 352 g/mol. The fourth-order valence-corrected chi connectivity index (χ4v) is 3.72. The van der Waals surface area contributed by atoms with E-state index in [1.165, 1.54) is 0 Å². The van der Waals surface area contributed by atoms with E-state index >= 15 is 0 Å². The van der Waals surface area contributed by atoms with Crippen molar-refractivity contribution in [3.05, 3.63) is 99.6 Å². The fraction of sp³-hybridized carbons (Fsp3) is 0.292. The second kappa shape index (κ2) is 9.38. The molecule has 3 rings (SSSR count). The van der Waals surface area contributed by atoms with Gasteiger partial charge in [-0.3, -0.25) is 0 Å². The molecule has 28 heavy (non-hydrogen) atoms. The summed E-state index contributed by atoms with van der Waals surface area (Å²) in [5.74, 6) is -0.0428. The maximum absolute atomic E-state index is 12.8. The van der Waals surface area contributed by atoms with Crippen LogP contribution in [0.1, 0.15) is 54.1 Å². The zero-order chi connectivity index (χ0) is 19.9. The Labute approximate surface area is 165 Å². The normalized spacial score (nSPS) is 13.2. The van der Waals surface area contributed by atoms with E-state index in [4.69, 9.17) is 4.42 Å². The van der Waals surface area contributed by atoms with Crippen molar-refractivity contribution in [3.63, 3.8) is 0 Å². The first-order valence-electron chi connectivity index (χ1n) is 9.70. The summed E-state index contributed by atoms with van der Waals surface area (Å²) in [6, 6.07) is 21.1. The molecule has 0 aliphatic heterocycles. The minimum atomic E-state index is -0.512. The predicted octanol–water partition coefficient (Wildman–Crippen LogP) is 4.60. The molecule has 3 aromatic rings. The molecule has 1 heterocycles. The maximum atomic E-state index is 12.8. The van der Waals surface area contributed by atoms with Gasteiger partial charge in [0, 0.05) is 24.5 Å². The molecule has 0 spiro atoms. The Kier molecular flexibility index (Phi) is 6.66.